The molecule has 19 heavy (non-hydrogen) atoms. The molecule has 1 aromatic carbocycles. The maximum atomic E-state index is 9.21. The van der Waals surface area contributed by atoms with Gasteiger partial charge in [0, 0.05) is 29.8 Å². The number of hydrogen-bond donors (Lipinski definition) is 1. The van der Waals surface area contributed by atoms with Crippen LogP contribution < -0.4 is 5.32 Å². The van der Waals surface area contributed by atoms with Crippen LogP contribution in [0.2, 0.25) is 0 Å². The molecule has 0 unspecified atom stereocenters. The van der Waals surface area contributed by atoms with Crippen molar-refractivity contribution in [2.45, 2.75) is 37.8 Å². The van der Waals surface area contributed by atoms with Crippen molar-refractivity contribution in [1.29, 1.82) is 5.26 Å². The fourth-order valence-corrected chi connectivity index (χ4v) is 2.40. The van der Waals surface area contributed by atoms with Gasteiger partial charge in [0.2, 0.25) is 0 Å². The summed E-state index contributed by atoms with van der Waals surface area (Å²) in [5.41, 5.74) is 1.97. The van der Waals surface area contributed by atoms with E-state index in [2.05, 4.69) is 38.2 Å². The monoisotopic (exact) mass is 278 g/mol. The summed E-state index contributed by atoms with van der Waals surface area (Å²) in [6.45, 7) is 7.87. The van der Waals surface area contributed by atoms with E-state index in [1.54, 1.807) is 18.9 Å². The molecule has 0 heterocycles. The predicted octanol–water partition coefficient (Wildman–Crippen LogP) is 3.18. The first kappa shape index (κ1) is 16.0. The first-order chi connectivity index (χ1) is 8.96. The Bertz CT molecular complexity index is 446. The van der Waals surface area contributed by atoms with Gasteiger partial charge in [-0.1, -0.05) is 6.07 Å². The molecule has 0 atom stereocenters. The van der Waals surface area contributed by atoms with Crippen molar-refractivity contribution in [1.82, 2.24) is 5.32 Å². The number of methoxy groups -OCH3 is 1. The van der Waals surface area contributed by atoms with Crippen molar-refractivity contribution >= 4 is 11.8 Å². The molecule has 0 radical (unpaired) electrons. The third kappa shape index (κ3) is 6.11. The highest BCUT2D eigenvalue weighted by atomic mass is 32.2. The van der Waals surface area contributed by atoms with Gasteiger partial charge in [0.15, 0.2) is 0 Å². The van der Waals surface area contributed by atoms with E-state index >= 15 is 0 Å². The summed E-state index contributed by atoms with van der Waals surface area (Å²) in [6.07, 6.45) is 0. The van der Waals surface area contributed by atoms with Gasteiger partial charge in [0.25, 0.3) is 0 Å². The van der Waals surface area contributed by atoms with Crippen LogP contribution in [0.4, 0.5) is 0 Å². The van der Waals surface area contributed by atoms with Crippen LogP contribution >= 0.6 is 11.8 Å². The molecular formula is C15H22N2OS. The molecular weight excluding hydrogens is 256 g/mol. The Morgan fingerprint density at radius 3 is 2.68 bits per heavy atom. The second-order valence-electron chi connectivity index (χ2n) is 5.39. The molecule has 1 aromatic rings. The minimum Gasteiger partial charge on any atom is -0.384 e. The normalized spacial score (nSPS) is 11.3. The molecule has 104 valence electrons. The van der Waals surface area contributed by atoms with Crippen molar-refractivity contribution in [2.75, 3.05) is 19.5 Å². The van der Waals surface area contributed by atoms with Crippen molar-refractivity contribution < 1.29 is 4.74 Å². The summed E-state index contributed by atoms with van der Waals surface area (Å²) in [6, 6.07) is 8.34. The van der Waals surface area contributed by atoms with Gasteiger partial charge in [-0.2, -0.15) is 5.26 Å². The van der Waals surface area contributed by atoms with E-state index in [-0.39, 0.29) is 5.54 Å². The maximum absolute atomic E-state index is 9.21. The summed E-state index contributed by atoms with van der Waals surface area (Å²) in [5.74, 6) is 0.866. The van der Waals surface area contributed by atoms with Gasteiger partial charge >= 0.3 is 0 Å². The topological polar surface area (TPSA) is 45.0 Å². The number of thioether (sulfide) groups is 1. The lowest BCUT2D eigenvalue weighted by atomic mass is 10.1. The zero-order valence-electron chi connectivity index (χ0n) is 12.1. The highest BCUT2D eigenvalue weighted by Gasteiger charge is 2.09. The standard InChI is InChI=1S/C15H22N2OS/c1-15(2,3)17-11-12-5-6-14(13(9-12)10-16)19-8-7-18-4/h5-6,9,17H,7-8,11H2,1-4H3. The molecule has 0 aliphatic rings. The summed E-state index contributed by atoms with van der Waals surface area (Å²) >= 11 is 1.66. The highest BCUT2D eigenvalue weighted by Crippen LogP contribution is 2.23. The van der Waals surface area contributed by atoms with Crippen LogP contribution in [0.5, 0.6) is 0 Å². The molecule has 0 aromatic heterocycles. The van der Waals surface area contributed by atoms with Crippen molar-refractivity contribution in [3.8, 4) is 6.07 Å². The quantitative estimate of drug-likeness (QED) is 0.641. The lowest BCUT2D eigenvalue weighted by Crippen LogP contribution is -2.35. The number of nitriles is 1. The minimum absolute atomic E-state index is 0.0820. The van der Waals surface area contributed by atoms with E-state index in [0.717, 1.165) is 28.3 Å². The molecule has 0 amide bonds. The second-order valence-corrected chi connectivity index (χ2v) is 6.52. The van der Waals surface area contributed by atoms with Gasteiger partial charge in [0.05, 0.1) is 12.2 Å². The largest absolute Gasteiger partial charge is 0.384 e. The fourth-order valence-electron chi connectivity index (χ4n) is 1.50. The highest BCUT2D eigenvalue weighted by molar-refractivity contribution is 7.99. The van der Waals surface area contributed by atoms with E-state index in [1.807, 2.05) is 12.1 Å². The Balaban J connectivity index is 2.70. The van der Waals surface area contributed by atoms with Crippen LogP contribution in [0.1, 0.15) is 31.9 Å². The molecule has 0 saturated heterocycles. The zero-order chi connectivity index (χ0) is 14.3. The Kier molecular flexibility index (Phi) is 6.36. The van der Waals surface area contributed by atoms with E-state index in [1.165, 1.54) is 0 Å². The lowest BCUT2D eigenvalue weighted by Gasteiger charge is -2.20. The average Bonchev–Trinajstić information content (AvgIpc) is 2.36. The van der Waals surface area contributed by atoms with Crippen molar-refractivity contribution in [3.05, 3.63) is 29.3 Å². The molecule has 3 nitrogen and oxygen atoms in total. The Morgan fingerprint density at radius 1 is 1.37 bits per heavy atom. The third-order valence-corrected chi connectivity index (χ3v) is 3.57. The smallest absolute Gasteiger partial charge is 0.100 e. The van der Waals surface area contributed by atoms with Crippen molar-refractivity contribution in [2.24, 2.45) is 0 Å². The minimum atomic E-state index is 0.0820. The van der Waals surface area contributed by atoms with Crippen LogP contribution in [0.15, 0.2) is 23.1 Å². The first-order valence-electron chi connectivity index (χ1n) is 6.36. The third-order valence-electron chi connectivity index (χ3n) is 2.53. The fraction of sp³-hybridized carbons (Fsp3) is 0.533. The summed E-state index contributed by atoms with van der Waals surface area (Å²) in [4.78, 5) is 1.03. The van der Waals surface area contributed by atoms with E-state index in [4.69, 9.17) is 4.74 Å². The molecule has 0 spiro atoms. The van der Waals surface area contributed by atoms with Gasteiger partial charge in [-0.25, -0.2) is 0 Å². The SMILES string of the molecule is COCCSc1ccc(CNC(C)(C)C)cc1C#N. The molecule has 0 aliphatic heterocycles. The van der Waals surface area contributed by atoms with Gasteiger partial charge in [-0.15, -0.1) is 11.8 Å². The Labute approximate surface area is 120 Å². The number of rotatable bonds is 6. The van der Waals surface area contributed by atoms with Gasteiger partial charge in [-0.05, 0) is 38.5 Å². The van der Waals surface area contributed by atoms with Crippen LogP contribution in [0.3, 0.4) is 0 Å². The van der Waals surface area contributed by atoms with E-state index in [0.29, 0.717) is 6.61 Å². The summed E-state index contributed by atoms with van der Waals surface area (Å²) < 4.78 is 5.02. The van der Waals surface area contributed by atoms with Gasteiger partial charge in [0.1, 0.15) is 6.07 Å². The zero-order valence-corrected chi connectivity index (χ0v) is 12.9. The molecule has 0 fully saturated rings. The summed E-state index contributed by atoms with van der Waals surface area (Å²) in [7, 11) is 1.69. The number of hydrogen-bond acceptors (Lipinski definition) is 4. The molecule has 0 aliphatic carbocycles. The van der Waals surface area contributed by atoms with Crippen LogP contribution in [-0.2, 0) is 11.3 Å². The van der Waals surface area contributed by atoms with E-state index < -0.39 is 0 Å². The molecule has 1 rings (SSSR count). The number of nitrogens with one attached hydrogen (secondary N) is 1. The molecule has 0 saturated carbocycles. The van der Waals surface area contributed by atoms with Crippen LogP contribution in [0.25, 0.3) is 0 Å². The number of nitrogens with zero attached hydrogens (tertiary/aromatic N) is 1. The van der Waals surface area contributed by atoms with E-state index in [9.17, 15) is 5.26 Å². The van der Waals surface area contributed by atoms with Crippen molar-refractivity contribution in [3.63, 3.8) is 0 Å². The Hall–Kier alpha value is -1.02. The van der Waals surface area contributed by atoms with Crippen LogP contribution in [-0.4, -0.2) is 25.0 Å². The van der Waals surface area contributed by atoms with Gasteiger partial charge < -0.3 is 10.1 Å². The lowest BCUT2D eigenvalue weighted by molar-refractivity contribution is 0.218. The average molecular weight is 278 g/mol. The maximum Gasteiger partial charge on any atom is 0.100 e. The molecule has 0 bridgehead atoms. The second kappa shape index (κ2) is 7.54. The van der Waals surface area contributed by atoms with Gasteiger partial charge in [-0.3, -0.25) is 0 Å². The number of benzene rings is 1. The predicted molar refractivity (Wildman–Crippen MR) is 80.3 cm³/mol. The molecule has 1 N–H and O–H groups in total. The summed E-state index contributed by atoms with van der Waals surface area (Å²) in [5, 5.41) is 12.6. The molecule has 4 heteroatoms. The first-order valence-corrected chi connectivity index (χ1v) is 7.34. The Morgan fingerprint density at radius 2 is 2.11 bits per heavy atom. The number of ether oxygens (including phenoxy) is 1. The van der Waals surface area contributed by atoms with Crippen LogP contribution in [0, 0.1) is 11.3 Å².